The molecular weight excluding hydrogens is 384 g/mol. The Labute approximate surface area is 169 Å². The van der Waals surface area contributed by atoms with E-state index in [1.165, 1.54) is 0 Å². The van der Waals surface area contributed by atoms with E-state index >= 15 is 0 Å². The van der Waals surface area contributed by atoms with Gasteiger partial charge < -0.3 is 31.9 Å². The fraction of sp³-hybridized carbons (Fsp3) is 0.722. The maximum absolute atomic E-state index is 12.8. The van der Waals surface area contributed by atoms with Gasteiger partial charge in [-0.2, -0.15) is 0 Å². The predicted molar refractivity (Wildman–Crippen MR) is 104 cm³/mol. The second-order valence-electron chi connectivity index (χ2n) is 7.00. The highest BCUT2D eigenvalue weighted by molar-refractivity contribution is 5.94. The minimum atomic E-state index is -1.63. The standard InChI is InChI=1S/C18H32N4O7/c1-5-9(3)14(21-12(23)8-19)17(27)22-15(10(4)6-2)16(26)20-11(18(28)29)7-13(24)25/h9-11,14-15H,5-8,19H2,1-4H3,(H,20,26)(H,21,23)(H,22,27)(H,24,25)(H,28,29). The number of nitrogens with one attached hydrogen (secondary N) is 3. The summed E-state index contributed by atoms with van der Waals surface area (Å²) in [4.78, 5) is 59.1. The van der Waals surface area contributed by atoms with Gasteiger partial charge in [-0.05, 0) is 11.8 Å². The van der Waals surface area contributed by atoms with Gasteiger partial charge in [0.25, 0.3) is 0 Å². The highest BCUT2D eigenvalue weighted by Gasteiger charge is 2.34. The van der Waals surface area contributed by atoms with Crippen LogP contribution in [-0.4, -0.2) is 64.5 Å². The summed E-state index contributed by atoms with van der Waals surface area (Å²) >= 11 is 0. The molecule has 0 bridgehead atoms. The number of aliphatic carboxylic acids is 2. The lowest BCUT2D eigenvalue weighted by Gasteiger charge is -2.29. The first-order valence-corrected chi connectivity index (χ1v) is 9.53. The molecule has 166 valence electrons. The fourth-order valence-corrected chi connectivity index (χ4v) is 2.52. The lowest BCUT2D eigenvalue weighted by molar-refractivity contribution is -0.147. The Bertz CT molecular complexity index is 611. The van der Waals surface area contributed by atoms with Crippen LogP contribution in [-0.2, 0) is 24.0 Å². The molecule has 29 heavy (non-hydrogen) atoms. The van der Waals surface area contributed by atoms with E-state index in [9.17, 15) is 24.0 Å². The van der Waals surface area contributed by atoms with Crippen molar-refractivity contribution in [3.8, 4) is 0 Å². The minimum Gasteiger partial charge on any atom is -0.481 e. The molecule has 5 unspecified atom stereocenters. The molecule has 0 spiro atoms. The van der Waals surface area contributed by atoms with Crippen LogP contribution >= 0.6 is 0 Å². The van der Waals surface area contributed by atoms with E-state index in [4.69, 9.17) is 15.9 Å². The molecule has 0 rings (SSSR count). The van der Waals surface area contributed by atoms with Crippen LogP contribution in [0.3, 0.4) is 0 Å². The zero-order valence-corrected chi connectivity index (χ0v) is 17.2. The molecule has 0 saturated heterocycles. The Kier molecular flexibility index (Phi) is 11.5. The van der Waals surface area contributed by atoms with Gasteiger partial charge in [0.15, 0.2) is 0 Å². The molecule has 0 heterocycles. The molecule has 11 heteroatoms. The normalized spacial score (nSPS) is 15.9. The summed E-state index contributed by atoms with van der Waals surface area (Å²) in [6.07, 6.45) is 0.255. The fourth-order valence-electron chi connectivity index (χ4n) is 2.52. The van der Waals surface area contributed by atoms with Crippen molar-refractivity contribution in [2.24, 2.45) is 17.6 Å². The number of carbonyl (C=O) groups excluding carboxylic acids is 3. The molecule has 0 aliphatic carbocycles. The summed E-state index contributed by atoms with van der Waals surface area (Å²) in [6, 6.07) is -3.67. The molecule has 0 aliphatic rings. The van der Waals surface area contributed by atoms with E-state index < -0.39 is 54.2 Å². The van der Waals surface area contributed by atoms with Gasteiger partial charge in [0, 0.05) is 0 Å². The molecule has 0 radical (unpaired) electrons. The third-order valence-electron chi connectivity index (χ3n) is 4.78. The van der Waals surface area contributed by atoms with Crippen molar-refractivity contribution in [1.29, 1.82) is 0 Å². The van der Waals surface area contributed by atoms with Gasteiger partial charge in [0.05, 0.1) is 13.0 Å². The zero-order chi connectivity index (χ0) is 22.7. The van der Waals surface area contributed by atoms with Crippen molar-refractivity contribution in [3.05, 3.63) is 0 Å². The van der Waals surface area contributed by atoms with Crippen molar-refractivity contribution < 1.29 is 34.2 Å². The monoisotopic (exact) mass is 416 g/mol. The Morgan fingerprint density at radius 2 is 1.28 bits per heavy atom. The molecular formula is C18H32N4O7. The number of carboxylic acid groups (broad SMARTS) is 2. The van der Waals surface area contributed by atoms with Crippen LogP contribution in [0.1, 0.15) is 47.0 Å². The zero-order valence-electron chi connectivity index (χ0n) is 17.2. The van der Waals surface area contributed by atoms with Crippen molar-refractivity contribution in [2.75, 3.05) is 6.54 Å². The predicted octanol–water partition coefficient (Wildman–Crippen LogP) is -0.949. The maximum Gasteiger partial charge on any atom is 0.326 e. The number of hydrogen-bond acceptors (Lipinski definition) is 6. The highest BCUT2D eigenvalue weighted by Crippen LogP contribution is 2.12. The molecule has 5 atom stereocenters. The maximum atomic E-state index is 12.8. The van der Waals surface area contributed by atoms with Crippen LogP contribution in [0.15, 0.2) is 0 Å². The number of amides is 3. The minimum absolute atomic E-state index is 0.245. The summed E-state index contributed by atoms with van der Waals surface area (Å²) < 4.78 is 0. The van der Waals surface area contributed by atoms with E-state index in [2.05, 4.69) is 16.0 Å². The summed E-state index contributed by atoms with van der Waals surface area (Å²) in [5, 5.41) is 25.2. The first-order chi connectivity index (χ1) is 13.5. The van der Waals surface area contributed by atoms with Gasteiger partial charge in [0.1, 0.15) is 18.1 Å². The number of rotatable bonds is 13. The van der Waals surface area contributed by atoms with Crippen molar-refractivity contribution in [1.82, 2.24) is 16.0 Å². The van der Waals surface area contributed by atoms with Gasteiger partial charge in [-0.15, -0.1) is 0 Å². The number of carbonyl (C=O) groups is 5. The van der Waals surface area contributed by atoms with E-state index in [0.717, 1.165) is 0 Å². The van der Waals surface area contributed by atoms with Gasteiger partial charge in [0.2, 0.25) is 17.7 Å². The van der Waals surface area contributed by atoms with Crippen LogP contribution in [0, 0.1) is 11.8 Å². The number of carboxylic acids is 2. The molecule has 11 nitrogen and oxygen atoms in total. The van der Waals surface area contributed by atoms with Gasteiger partial charge in [-0.1, -0.05) is 40.5 Å². The molecule has 0 aromatic carbocycles. The van der Waals surface area contributed by atoms with Crippen LogP contribution in [0.2, 0.25) is 0 Å². The number of nitrogens with two attached hydrogens (primary N) is 1. The smallest absolute Gasteiger partial charge is 0.326 e. The summed E-state index contributed by atoms with van der Waals surface area (Å²) in [5.41, 5.74) is 5.29. The molecule has 0 aromatic heterocycles. The first-order valence-electron chi connectivity index (χ1n) is 9.53. The van der Waals surface area contributed by atoms with Crippen molar-refractivity contribution in [3.63, 3.8) is 0 Å². The van der Waals surface area contributed by atoms with Crippen molar-refractivity contribution >= 4 is 29.7 Å². The van der Waals surface area contributed by atoms with Gasteiger partial charge in [-0.25, -0.2) is 4.79 Å². The Hall–Kier alpha value is -2.69. The molecule has 0 aliphatic heterocycles. The van der Waals surface area contributed by atoms with Gasteiger partial charge >= 0.3 is 11.9 Å². The highest BCUT2D eigenvalue weighted by atomic mass is 16.4. The van der Waals surface area contributed by atoms with E-state index in [-0.39, 0.29) is 18.4 Å². The van der Waals surface area contributed by atoms with E-state index in [1.807, 2.05) is 6.92 Å². The van der Waals surface area contributed by atoms with Crippen LogP contribution < -0.4 is 21.7 Å². The lowest BCUT2D eigenvalue weighted by Crippen LogP contribution is -2.59. The molecule has 0 saturated carbocycles. The van der Waals surface area contributed by atoms with Crippen LogP contribution in [0.25, 0.3) is 0 Å². The Morgan fingerprint density at radius 1 is 0.828 bits per heavy atom. The van der Waals surface area contributed by atoms with Crippen LogP contribution in [0.5, 0.6) is 0 Å². The lowest BCUT2D eigenvalue weighted by atomic mass is 9.94. The molecule has 7 N–H and O–H groups in total. The van der Waals surface area contributed by atoms with E-state index in [0.29, 0.717) is 12.8 Å². The third kappa shape index (κ3) is 8.90. The van der Waals surface area contributed by atoms with Gasteiger partial charge in [-0.3, -0.25) is 19.2 Å². The number of hydrogen-bond donors (Lipinski definition) is 6. The Balaban J connectivity index is 5.51. The SMILES string of the molecule is CCC(C)C(NC(=O)CN)C(=O)NC(C(=O)NC(CC(=O)O)C(=O)O)C(C)CC. The van der Waals surface area contributed by atoms with Crippen LogP contribution in [0.4, 0.5) is 0 Å². The molecule has 3 amide bonds. The summed E-state index contributed by atoms with van der Waals surface area (Å²) in [6.45, 7) is 6.76. The second kappa shape index (κ2) is 12.7. The molecule has 0 aromatic rings. The summed E-state index contributed by atoms with van der Waals surface area (Å²) in [7, 11) is 0. The topological polar surface area (TPSA) is 188 Å². The van der Waals surface area contributed by atoms with E-state index in [1.54, 1.807) is 20.8 Å². The van der Waals surface area contributed by atoms with Crippen molar-refractivity contribution in [2.45, 2.75) is 65.1 Å². The third-order valence-corrected chi connectivity index (χ3v) is 4.78. The summed E-state index contributed by atoms with van der Waals surface area (Å²) in [5.74, 6) is -5.44. The quantitative estimate of drug-likeness (QED) is 0.221. The molecule has 0 fully saturated rings. The average molecular weight is 416 g/mol. The second-order valence-corrected chi connectivity index (χ2v) is 7.00. The first kappa shape index (κ1) is 26.3. The average Bonchev–Trinajstić information content (AvgIpc) is 2.67. The Morgan fingerprint density at radius 3 is 1.66 bits per heavy atom. The largest absolute Gasteiger partial charge is 0.481 e.